The summed E-state index contributed by atoms with van der Waals surface area (Å²) in [4.78, 5) is 13.8. The number of carbonyl (C=O) groups excluding carboxylic acids is 1. The van der Waals surface area contributed by atoms with Crippen LogP contribution in [-0.4, -0.2) is 27.2 Å². The van der Waals surface area contributed by atoms with Gasteiger partial charge in [-0.25, -0.2) is 4.98 Å². The summed E-state index contributed by atoms with van der Waals surface area (Å²) in [5, 5.41) is 18.8. The van der Waals surface area contributed by atoms with Crippen molar-refractivity contribution in [2.45, 2.75) is 18.6 Å². The molecule has 0 aliphatic rings. The van der Waals surface area contributed by atoms with E-state index >= 15 is 0 Å². The van der Waals surface area contributed by atoms with Gasteiger partial charge in [0.25, 0.3) is 0 Å². The van der Waals surface area contributed by atoms with Crippen LogP contribution in [0.4, 0.5) is 4.39 Å². The number of hydrogen-bond donors (Lipinski definition) is 3. The number of nitrogens with two attached hydrogens (primary N) is 1. The molecule has 82 valence electrons. The zero-order valence-corrected chi connectivity index (χ0v) is 7.80. The predicted octanol–water partition coefficient (Wildman–Crippen LogP) is -0.510. The fraction of sp³-hybridized carbons (Fsp3) is 0.333. The Bertz CT molecular complexity index is 359. The molecule has 0 fully saturated rings. The monoisotopic (exact) mass is 214 g/mol. The normalized spacial score (nSPS) is 14.6. The zero-order valence-electron chi connectivity index (χ0n) is 7.80. The van der Waals surface area contributed by atoms with Crippen LogP contribution < -0.4 is 5.73 Å². The van der Waals surface area contributed by atoms with E-state index in [0.29, 0.717) is 0 Å². The average Bonchev–Trinajstić information content (AvgIpc) is 2.15. The number of aliphatic hydroxyl groups is 2. The SMILES string of the molecule is NC(=O)CC(O)C(O)c1cccc(F)n1. The minimum Gasteiger partial charge on any atom is -0.389 e. The summed E-state index contributed by atoms with van der Waals surface area (Å²) in [6.07, 6.45) is -3.20. The first kappa shape index (κ1) is 11.5. The van der Waals surface area contributed by atoms with Crippen LogP contribution in [-0.2, 0) is 4.79 Å². The largest absolute Gasteiger partial charge is 0.389 e. The number of nitrogens with zero attached hydrogens (tertiary/aromatic N) is 1. The maximum Gasteiger partial charge on any atom is 0.220 e. The molecule has 2 unspecified atom stereocenters. The average molecular weight is 214 g/mol. The van der Waals surface area contributed by atoms with Gasteiger partial charge in [0.05, 0.1) is 18.2 Å². The van der Waals surface area contributed by atoms with E-state index in [2.05, 4.69) is 4.98 Å². The molecule has 1 aromatic heterocycles. The number of hydrogen-bond acceptors (Lipinski definition) is 4. The molecular formula is C9H11FN2O3. The summed E-state index contributed by atoms with van der Waals surface area (Å²) < 4.78 is 12.7. The molecule has 0 radical (unpaired) electrons. The number of carbonyl (C=O) groups is 1. The Hall–Kier alpha value is -1.53. The summed E-state index contributed by atoms with van der Waals surface area (Å²) >= 11 is 0. The van der Waals surface area contributed by atoms with Crippen LogP contribution in [0.1, 0.15) is 18.2 Å². The summed E-state index contributed by atoms with van der Waals surface area (Å²) in [6.45, 7) is 0. The predicted molar refractivity (Wildman–Crippen MR) is 49.0 cm³/mol. The Labute approximate surface area is 85.4 Å². The Balaban J connectivity index is 2.75. The summed E-state index contributed by atoms with van der Waals surface area (Å²) in [7, 11) is 0. The number of primary amides is 1. The van der Waals surface area contributed by atoms with Gasteiger partial charge < -0.3 is 15.9 Å². The topological polar surface area (TPSA) is 96.4 Å². The fourth-order valence-electron chi connectivity index (χ4n) is 1.10. The highest BCUT2D eigenvalue weighted by atomic mass is 19.1. The van der Waals surface area contributed by atoms with Gasteiger partial charge in [-0.15, -0.1) is 0 Å². The Kier molecular flexibility index (Phi) is 3.70. The quantitative estimate of drug-likeness (QED) is 0.588. The molecule has 2 atom stereocenters. The molecule has 5 nitrogen and oxygen atoms in total. The number of amides is 1. The van der Waals surface area contributed by atoms with Crippen molar-refractivity contribution in [2.24, 2.45) is 5.73 Å². The van der Waals surface area contributed by atoms with Crippen molar-refractivity contribution in [3.8, 4) is 0 Å². The van der Waals surface area contributed by atoms with E-state index in [4.69, 9.17) is 5.73 Å². The molecule has 0 aliphatic carbocycles. The van der Waals surface area contributed by atoms with Crippen molar-refractivity contribution < 1.29 is 19.4 Å². The highest BCUT2D eigenvalue weighted by Crippen LogP contribution is 2.16. The van der Waals surface area contributed by atoms with Gasteiger partial charge in [0.1, 0.15) is 6.10 Å². The molecule has 1 rings (SSSR count). The molecule has 1 aromatic rings. The van der Waals surface area contributed by atoms with Crippen LogP contribution in [0.5, 0.6) is 0 Å². The number of aromatic nitrogens is 1. The van der Waals surface area contributed by atoms with Crippen LogP contribution in [0.2, 0.25) is 0 Å². The molecular weight excluding hydrogens is 203 g/mol. The van der Waals surface area contributed by atoms with Gasteiger partial charge in [0.2, 0.25) is 11.9 Å². The number of rotatable bonds is 4. The van der Waals surface area contributed by atoms with E-state index in [1.54, 1.807) is 0 Å². The lowest BCUT2D eigenvalue weighted by Gasteiger charge is -2.15. The maximum absolute atomic E-state index is 12.7. The maximum atomic E-state index is 12.7. The number of pyridine rings is 1. The van der Waals surface area contributed by atoms with Crippen molar-refractivity contribution in [2.75, 3.05) is 0 Å². The molecule has 0 bridgehead atoms. The van der Waals surface area contributed by atoms with E-state index in [-0.39, 0.29) is 5.69 Å². The standard InChI is InChI=1S/C9H11FN2O3/c10-7-3-1-2-5(12-7)9(15)6(13)4-8(11)14/h1-3,6,9,13,15H,4H2,(H2,11,14). The zero-order chi connectivity index (χ0) is 11.4. The number of aliphatic hydroxyl groups excluding tert-OH is 2. The smallest absolute Gasteiger partial charge is 0.220 e. The third kappa shape index (κ3) is 3.26. The minimum absolute atomic E-state index is 0.0382. The first-order valence-electron chi connectivity index (χ1n) is 4.27. The Morgan fingerprint density at radius 3 is 2.73 bits per heavy atom. The summed E-state index contributed by atoms with van der Waals surface area (Å²) in [5.41, 5.74) is 4.80. The molecule has 0 saturated carbocycles. The van der Waals surface area contributed by atoms with Crippen molar-refractivity contribution in [3.63, 3.8) is 0 Å². The second-order valence-electron chi connectivity index (χ2n) is 3.07. The molecule has 6 heteroatoms. The fourth-order valence-corrected chi connectivity index (χ4v) is 1.10. The van der Waals surface area contributed by atoms with Gasteiger partial charge in [0.15, 0.2) is 0 Å². The van der Waals surface area contributed by atoms with E-state index in [9.17, 15) is 19.4 Å². The van der Waals surface area contributed by atoms with Crippen molar-refractivity contribution in [3.05, 3.63) is 29.8 Å². The van der Waals surface area contributed by atoms with Crippen LogP contribution in [0, 0.1) is 5.95 Å². The number of halogens is 1. The third-order valence-corrected chi connectivity index (χ3v) is 1.81. The second kappa shape index (κ2) is 4.81. The van der Waals surface area contributed by atoms with Gasteiger partial charge in [-0.1, -0.05) is 6.07 Å². The van der Waals surface area contributed by atoms with Gasteiger partial charge in [-0.05, 0) is 12.1 Å². The lowest BCUT2D eigenvalue weighted by molar-refractivity contribution is -0.121. The van der Waals surface area contributed by atoms with Gasteiger partial charge in [0, 0.05) is 0 Å². The summed E-state index contributed by atoms with van der Waals surface area (Å²) in [5.74, 6) is -1.52. The molecule has 0 aliphatic heterocycles. The second-order valence-corrected chi connectivity index (χ2v) is 3.07. The summed E-state index contributed by atoms with van der Waals surface area (Å²) in [6, 6.07) is 3.80. The lowest BCUT2D eigenvalue weighted by Crippen LogP contribution is -2.26. The van der Waals surface area contributed by atoms with Crippen LogP contribution >= 0.6 is 0 Å². The van der Waals surface area contributed by atoms with Crippen molar-refractivity contribution in [1.29, 1.82) is 0 Å². The van der Waals surface area contributed by atoms with Crippen LogP contribution in [0.3, 0.4) is 0 Å². The van der Waals surface area contributed by atoms with Crippen molar-refractivity contribution in [1.82, 2.24) is 4.98 Å². The highest BCUT2D eigenvalue weighted by molar-refractivity contribution is 5.74. The molecule has 15 heavy (non-hydrogen) atoms. The highest BCUT2D eigenvalue weighted by Gasteiger charge is 2.21. The molecule has 1 heterocycles. The van der Waals surface area contributed by atoms with E-state index in [1.165, 1.54) is 12.1 Å². The first-order valence-corrected chi connectivity index (χ1v) is 4.27. The van der Waals surface area contributed by atoms with Crippen LogP contribution in [0.15, 0.2) is 18.2 Å². The molecule has 0 spiro atoms. The van der Waals surface area contributed by atoms with Crippen molar-refractivity contribution >= 4 is 5.91 Å². The third-order valence-electron chi connectivity index (χ3n) is 1.81. The van der Waals surface area contributed by atoms with E-state index < -0.39 is 30.5 Å². The first-order chi connectivity index (χ1) is 7.00. The Morgan fingerprint density at radius 1 is 1.53 bits per heavy atom. The Morgan fingerprint density at radius 2 is 2.20 bits per heavy atom. The van der Waals surface area contributed by atoms with E-state index in [0.717, 1.165) is 6.07 Å². The molecule has 1 amide bonds. The minimum atomic E-state index is -1.42. The van der Waals surface area contributed by atoms with Gasteiger partial charge >= 0.3 is 0 Å². The van der Waals surface area contributed by atoms with Gasteiger partial charge in [-0.2, -0.15) is 4.39 Å². The van der Waals surface area contributed by atoms with Crippen LogP contribution in [0.25, 0.3) is 0 Å². The van der Waals surface area contributed by atoms with Gasteiger partial charge in [-0.3, -0.25) is 4.79 Å². The van der Waals surface area contributed by atoms with E-state index in [1.807, 2.05) is 0 Å². The molecule has 0 saturated heterocycles. The molecule has 0 aromatic carbocycles. The molecule has 4 N–H and O–H groups in total. The lowest BCUT2D eigenvalue weighted by atomic mass is 10.1.